The van der Waals surface area contributed by atoms with Crippen molar-refractivity contribution in [2.45, 2.75) is 19.4 Å². The zero-order chi connectivity index (χ0) is 10.8. The molecule has 2 N–H and O–H groups in total. The molecule has 84 valence electrons. The fourth-order valence-electron chi connectivity index (χ4n) is 2.08. The minimum atomic E-state index is -0.258. The third kappa shape index (κ3) is 1.84. The minimum Gasteiger partial charge on any atom is -0.353 e. The average molecular weight is 211 g/mol. The molecule has 0 aromatic carbocycles. The molecule has 0 aliphatic carbocycles. The van der Waals surface area contributed by atoms with E-state index in [9.17, 15) is 9.59 Å². The van der Waals surface area contributed by atoms with Crippen LogP contribution in [0.1, 0.15) is 13.3 Å². The summed E-state index contributed by atoms with van der Waals surface area (Å²) in [5, 5.41) is 5.87. The summed E-state index contributed by atoms with van der Waals surface area (Å²) in [4.78, 5) is 25.3. The fraction of sp³-hybridized carbons (Fsp3) is 0.800. The molecule has 2 fully saturated rings. The maximum Gasteiger partial charge on any atom is 0.242 e. The molecule has 2 aliphatic heterocycles. The van der Waals surface area contributed by atoms with E-state index in [1.165, 1.54) is 0 Å². The maximum absolute atomic E-state index is 12.0. The van der Waals surface area contributed by atoms with Crippen molar-refractivity contribution >= 4 is 11.8 Å². The molecule has 2 rings (SSSR count). The highest BCUT2D eigenvalue weighted by Gasteiger charge is 2.36. The monoisotopic (exact) mass is 211 g/mol. The van der Waals surface area contributed by atoms with Gasteiger partial charge in [-0.3, -0.25) is 9.59 Å². The first kappa shape index (κ1) is 10.4. The predicted octanol–water partition coefficient (Wildman–Crippen LogP) is -1.06. The molecule has 0 spiro atoms. The summed E-state index contributed by atoms with van der Waals surface area (Å²) in [6, 6.07) is -0.258. The van der Waals surface area contributed by atoms with Crippen molar-refractivity contribution in [3.05, 3.63) is 0 Å². The molecule has 0 aromatic heterocycles. The van der Waals surface area contributed by atoms with E-state index in [4.69, 9.17) is 0 Å². The number of piperazine rings is 1. The van der Waals surface area contributed by atoms with E-state index < -0.39 is 0 Å². The van der Waals surface area contributed by atoms with Crippen LogP contribution in [0.5, 0.6) is 0 Å². The van der Waals surface area contributed by atoms with Crippen molar-refractivity contribution in [1.29, 1.82) is 0 Å². The number of nitrogens with one attached hydrogen (secondary N) is 2. The van der Waals surface area contributed by atoms with Crippen LogP contribution >= 0.6 is 0 Å². The molecule has 2 amide bonds. The van der Waals surface area contributed by atoms with Crippen molar-refractivity contribution in [1.82, 2.24) is 15.5 Å². The van der Waals surface area contributed by atoms with E-state index >= 15 is 0 Å². The molecule has 5 nitrogen and oxygen atoms in total. The lowest BCUT2D eigenvalue weighted by atomic mass is 9.99. The summed E-state index contributed by atoms with van der Waals surface area (Å²) >= 11 is 0. The maximum atomic E-state index is 12.0. The molecule has 0 radical (unpaired) electrons. The van der Waals surface area contributed by atoms with E-state index in [0.717, 1.165) is 13.1 Å². The summed E-state index contributed by atoms with van der Waals surface area (Å²) in [5.74, 6) is 0.213. The first-order chi connectivity index (χ1) is 7.24. The van der Waals surface area contributed by atoms with Gasteiger partial charge in [-0.05, 0) is 6.42 Å². The SMILES string of the molecule is CCC1C(=O)NCCN1C(=O)C1CNC1. The smallest absolute Gasteiger partial charge is 0.242 e. The Hall–Kier alpha value is -1.10. The summed E-state index contributed by atoms with van der Waals surface area (Å²) < 4.78 is 0. The summed E-state index contributed by atoms with van der Waals surface area (Å²) in [6.45, 7) is 4.69. The van der Waals surface area contributed by atoms with Crippen LogP contribution in [0.2, 0.25) is 0 Å². The van der Waals surface area contributed by atoms with Crippen LogP contribution < -0.4 is 10.6 Å². The highest BCUT2D eigenvalue weighted by Crippen LogP contribution is 2.15. The fourth-order valence-corrected chi connectivity index (χ4v) is 2.08. The molecule has 2 aliphatic rings. The van der Waals surface area contributed by atoms with Gasteiger partial charge in [-0.2, -0.15) is 0 Å². The van der Waals surface area contributed by atoms with Crippen molar-refractivity contribution in [3.63, 3.8) is 0 Å². The highest BCUT2D eigenvalue weighted by atomic mass is 16.2. The Morgan fingerprint density at radius 2 is 2.27 bits per heavy atom. The molecule has 1 atom stereocenters. The molecular weight excluding hydrogens is 194 g/mol. The Morgan fingerprint density at radius 1 is 1.53 bits per heavy atom. The molecule has 15 heavy (non-hydrogen) atoms. The van der Waals surface area contributed by atoms with Gasteiger partial charge in [0.2, 0.25) is 11.8 Å². The topological polar surface area (TPSA) is 61.4 Å². The van der Waals surface area contributed by atoms with Crippen molar-refractivity contribution in [2.75, 3.05) is 26.2 Å². The van der Waals surface area contributed by atoms with Crippen LogP contribution in [0, 0.1) is 5.92 Å². The van der Waals surface area contributed by atoms with Gasteiger partial charge in [0.25, 0.3) is 0 Å². The van der Waals surface area contributed by atoms with E-state index in [0.29, 0.717) is 19.5 Å². The van der Waals surface area contributed by atoms with E-state index in [1.54, 1.807) is 4.90 Å². The van der Waals surface area contributed by atoms with Gasteiger partial charge < -0.3 is 15.5 Å². The van der Waals surface area contributed by atoms with E-state index in [1.807, 2.05) is 6.92 Å². The van der Waals surface area contributed by atoms with Crippen LogP contribution in [0.15, 0.2) is 0 Å². The first-order valence-electron chi connectivity index (χ1n) is 5.53. The van der Waals surface area contributed by atoms with Gasteiger partial charge >= 0.3 is 0 Å². The third-order valence-corrected chi connectivity index (χ3v) is 3.13. The number of carbonyl (C=O) groups excluding carboxylic acids is 2. The lowest BCUT2D eigenvalue weighted by molar-refractivity contribution is -0.147. The standard InChI is InChI=1S/C10H17N3O2/c1-2-8-9(14)12-3-4-13(8)10(15)7-5-11-6-7/h7-8,11H,2-6H2,1H3,(H,12,14). The predicted molar refractivity (Wildman–Crippen MR) is 55.2 cm³/mol. The molecule has 1 unspecified atom stereocenters. The van der Waals surface area contributed by atoms with Gasteiger partial charge in [-0.25, -0.2) is 0 Å². The quantitative estimate of drug-likeness (QED) is 0.612. The molecule has 0 aromatic rings. The van der Waals surface area contributed by atoms with Gasteiger partial charge in [0.1, 0.15) is 6.04 Å². The molecular formula is C10H17N3O2. The van der Waals surface area contributed by atoms with Gasteiger partial charge in [-0.1, -0.05) is 6.92 Å². The van der Waals surface area contributed by atoms with Crippen LogP contribution in [0.4, 0.5) is 0 Å². The zero-order valence-electron chi connectivity index (χ0n) is 8.95. The van der Waals surface area contributed by atoms with Gasteiger partial charge in [0, 0.05) is 26.2 Å². The van der Waals surface area contributed by atoms with E-state index in [2.05, 4.69) is 10.6 Å². The Kier molecular flexibility index (Phi) is 2.90. The number of carbonyl (C=O) groups is 2. The Morgan fingerprint density at radius 3 is 2.80 bits per heavy atom. The van der Waals surface area contributed by atoms with Crippen LogP contribution in [-0.4, -0.2) is 48.9 Å². The number of hydrogen-bond donors (Lipinski definition) is 2. The minimum absolute atomic E-state index is 0.00983. The molecule has 2 saturated heterocycles. The number of rotatable bonds is 2. The summed E-state index contributed by atoms with van der Waals surface area (Å²) in [6.07, 6.45) is 0.692. The van der Waals surface area contributed by atoms with E-state index in [-0.39, 0.29) is 23.8 Å². The molecule has 0 saturated carbocycles. The van der Waals surface area contributed by atoms with Crippen molar-refractivity contribution in [3.8, 4) is 0 Å². The second-order valence-electron chi connectivity index (χ2n) is 4.10. The Balaban J connectivity index is 2.04. The van der Waals surface area contributed by atoms with Crippen LogP contribution in [0.25, 0.3) is 0 Å². The summed E-state index contributed by atoms with van der Waals surface area (Å²) in [5.41, 5.74) is 0. The lowest BCUT2D eigenvalue weighted by Crippen LogP contribution is -2.61. The first-order valence-corrected chi connectivity index (χ1v) is 5.53. The van der Waals surface area contributed by atoms with Gasteiger partial charge in [0.15, 0.2) is 0 Å². The highest BCUT2D eigenvalue weighted by molar-refractivity contribution is 5.90. The van der Waals surface area contributed by atoms with Gasteiger partial charge in [0.05, 0.1) is 5.92 Å². The van der Waals surface area contributed by atoms with Crippen LogP contribution in [0.3, 0.4) is 0 Å². The second-order valence-corrected chi connectivity index (χ2v) is 4.10. The number of amides is 2. The summed E-state index contributed by atoms with van der Waals surface area (Å²) in [7, 11) is 0. The second kappa shape index (κ2) is 4.18. The Labute approximate surface area is 89.2 Å². The van der Waals surface area contributed by atoms with Crippen LogP contribution in [-0.2, 0) is 9.59 Å². The zero-order valence-corrected chi connectivity index (χ0v) is 8.95. The molecule has 2 heterocycles. The third-order valence-electron chi connectivity index (χ3n) is 3.13. The Bertz CT molecular complexity index is 276. The molecule has 0 bridgehead atoms. The number of hydrogen-bond acceptors (Lipinski definition) is 3. The number of nitrogens with zero attached hydrogens (tertiary/aromatic N) is 1. The largest absolute Gasteiger partial charge is 0.353 e. The van der Waals surface area contributed by atoms with Gasteiger partial charge in [-0.15, -0.1) is 0 Å². The van der Waals surface area contributed by atoms with Crippen molar-refractivity contribution in [2.24, 2.45) is 5.92 Å². The van der Waals surface area contributed by atoms with Crippen molar-refractivity contribution < 1.29 is 9.59 Å². The average Bonchev–Trinajstić information content (AvgIpc) is 2.14. The molecule has 5 heteroatoms. The lowest BCUT2D eigenvalue weighted by Gasteiger charge is -2.39. The normalized spacial score (nSPS) is 27.1.